The summed E-state index contributed by atoms with van der Waals surface area (Å²) >= 11 is 0. The van der Waals surface area contributed by atoms with E-state index in [1.807, 2.05) is 13.8 Å². The third-order valence-electron chi connectivity index (χ3n) is 2.87. The van der Waals surface area contributed by atoms with Crippen LogP contribution in [-0.2, 0) is 4.79 Å². The van der Waals surface area contributed by atoms with Crippen molar-refractivity contribution in [1.82, 2.24) is 10.2 Å². The molecule has 1 amide bonds. The third-order valence-corrected chi connectivity index (χ3v) is 2.87. The number of nitrogens with one attached hydrogen (secondary N) is 1. The molecule has 0 radical (unpaired) electrons. The molecule has 1 fully saturated rings. The van der Waals surface area contributed by atoms with Crippen LogP contribution in [0.3, 0.4) is 0 Å². The van der Waals surface area contributed by atoms with Crippen molar-refractivity contribution in [3.05, 3.63) is 0 Å². The monoisotopic (exact) mass is 212 g/mol. The third kappa shape index (κ3) is 3.49. The van der Waals surface area contributed by atoms with Gasteiger partial charge in [0.25, 0.3) is 0 Å². The molecule has 0 bridgehead atoms. The molecule has 1 saturated heterocycles. The molecule has 0 aromatic rings. The van der Waals surface area contributed by atoms with Crippen LogP contribution >= 0.6 is 0 Å². The average Bonchev–Trinajstić information content (AvgIpc) is 2.54. The highest BCUT2D eigenvalue weighted by molar-refractivity contribution is 5.82. The molecule has 3 heteroatoms. The maximum Gasteiger partial charge on any atom is 0.237 e. The first kappa shape index (κ1) is 12.5. The molecule has 1 atom stereocenters. The number of amides is 1. The molecule has 0 aliphatic carbocycles. The zero-order valence-corrected chi connectivity index (χ0v) is 10.4. The van der Waals surface area contributed by atoms with Crippen LogP contribution in [0.25, 0.3) is 0 Å². The van der Waals surface area contributed by atoms with Gasteiger partial charge < -0.3 is 5.32 Å². The van der Waals surface area contributed by atoms with Crippen molar-refractivity contribution in [2.45, 2.75) is 52.6 Å². The summed E-state index contributed by atoms with van der Waals surface area (Å²) in [4.78, 5) is 14.4. The summed E-state index contributed by atoms with van der Waals surface area (Å²) in [7, 11) is 0. The van der Waals surface area contributed by atoms with E-state index in [0.29, 0.717) is 5.92 Å². The lowest BCUT2D eigenvalue weighted by atomic mass is 10.0. The summed E-state index contributed by atoms with van der Waals surface area (Å²) in [6.45, 7) is 10.4. The summed E-state index contributed by atoms with van der Waals surface area (Å²) in [5.41, 5.74) is 0. The fourth-order valence-electron chi connectivity index (χ4n) is 2.28. The first-order chi connectivity index (χ1) is 7.02. The lowest BCUT2D eigenvalue weighted by molar-refractivity contribution is -0.128. The van der Waals surface area contributed by atoms with Gasteiger partial charge in [0, 0.05) is 6.04 Å². The standard InChI is InChI=1S/C12H24N2O/c1-9(2)11(12(15)13-10(3)4)14-7-5-6-8-14/h9-11H,5-8H2,1-4H3,(H,13,15). The summed E-state index contributed by atoms with van der Waals surface area (Å²) < 4.78 is 0. The van der Waals surface area contributed by atoms with Gasteiger partial charge in [0.15, 0.2) is 0 Å². The predicted octanol–water partition coefficient (Wildman–Crippen LogP) is 1.63. The van der Waals surface area contributed by atoms with Crippen LogP contribution in [0.4, 0.5) is 0 Å². The van der Waals surface area contributed by atoms with Crippen LogP contribution < -0.4 is 5.32 Å². The molecule has 0 aromatic heterocycles. The molecular formula is C12H24N2O. The van der Waals surface area contributed by atoms with Gasteiger partial charge in [0.1, 0.15) is 0 Å². The molecule has 1 rings (SSSR count). The molecule has 15 heavy (non-hydrogen) atoms. The van der Waals surface area contributed by atoms with Crippen molar-refractivity contribution in [2.24, 2.45) is 5.92 Å². The van der Waals surface area contributed by atoms with E-state index < -0.39 is 0 Å². The van der Waals surface area contributed by atoms with Gasteiger partial charge in [-0.15, -0.1) is 0 Å². The van der Waals surface area contributed by atoms with Gasteiger partial charge in [-0.1, -0.05) is 13.8 Å². The second-order valence-corrected chi connectivity index (χ2v) is 5.10. The number of likely N-dealkylation sites (tertiary alicyclic amines) is 1. The van der Waals surface area contributed by atoms with E-state index in [1.54, 1.807) is 0 Å². The molecule has 1 unspecified atom stereocenters. The smallest absolute Gasteiger partial charge is 0.237 e. The van der Waals surface area contributed by atoms with Gasteiger partial charge in [-0.3, -0.25) is 9.69 Å². The second kappa shape index (κ2) is 5.50. The van der Waals surface area contributed by atoms with E-state index >= 15 is 0 Å². The van der Waals surface area contributed by atoms with Crippen LogP contribution in [0.1, 0.15) is 40.5 Å². The van der Waals surface area contributed by atoms with E-state index in [4.69, 9.17) is 0 Å². The summed E-state index contributed by atoms with van der Waals surface area (Å²) in [5, 5.41) is 3.02. The SMILES string of the molecule is CC(C)NC(=O)C(C(C)C)N1CCCC1. The molecule has 1 N–H and O–H groups in total. The normalized spacial score (nSPS) is 19.9. The van der Waals surface area contributed by atoms with E-state index in [-0.39, 0.29) is 18.0 Å². The van der Waals surface area contributed by atoms with Crippen molar-refractivity contribution in [3.8, 4) is 0 Å². The maximum atomic E-state index is 12.0. The molecule has 0 aromatic carbocycles. The average molecular weight is 212 g/mol. The van der Waals surface area contributed by atoms with Crippen molar-refractivity contribution in [2.75, 3.05) is 13.1 Å². The number of hydrogen-bond acceptors (Lipinski definition) is 2. The van der Waals surface area contributed by atoms with Crippen LogP contribution in [0.2, 0.25) is 0 Å². The van der Waals surface area contributed by atoms with Crippen LogP contribution in [0, 0.1) is 5.92 Å². The molecule has 1 aliphatic rings. The minimum atomic E-state index is 0.0647. The highest BCUT2D eigenvalue weighted by Crippen LogP contribution is 2.17. The first-order valence-corrected chi connectivity index (χ1v) is 6.06. The Balaban J connectivity index is 2.60. The number of nitrogens with zero attached hydrogens (tertiary/aromatic N) is 1. The Morgan fingerprint density at radius 2 is 1.67 bits per heavy atom. The fourth-order valence-corrected chi connectivity index (χ4v) is 2.28. The van der Waals surface area contributed by atoms with E-state index in [2.05, 4.69) is 24.1 Å². The number of carbonyl (C=O) groups is 1. The largest absolute Gasteiger partial charge is 0.353 e. The Hall–Kier alpha value is -0.570. The van der Waals surface area contributed by atoms with Crippen molar-refractivity contribution in [3.63, 3.8) is 0 Å². The zero-order chi connectivity index (χ0) is 11.4. The van der Waals surface area contributed by atoms with Gasteiger partial charge >= 0.3 is 0 Å². The topological polar surface area (TPSA) is 32.3 Å². The highest BCUT2D eigenvalue weighted by atomic mass is 16.2. The minimum absolute atomic E-state index is 0.0647. The van der Waals surface area contributed by atoms with Gasteiger partial charge in [-0.2, -0.15) is 0 Å². The fraction of sp³-hybridized carbons (Fsp3) is 0.917. The maximum absolute atomic E-state index is 12.0. The van der Waals surface area contributed by atoms with Crippen LogP contribution in [-0.4, -0.2) is 36.0 Å². The molecule has 3 nitrogen and oxygen atoms in total. The van der Waals surface area contributed by atoms with Gasteiger partial charge in [-0.05, 0) is 45.7 Å². The minimum Gasteiger partial charge on any atom is -0.353 e. The Labute approximate surface area is 93.2 Å². The van der Waals surface area contributed by atoms with E-state index in [9.17, 15) is 4.79 Å². The van der Waals surface area contributed by atoms with E-state index in [1.165, 1.54) is 12.8 Å². The molecule has 88 valence electrons. The van der Waals surface area contributed by atoms with E-state index in [0.717, 1.165) is 13.1 Å². The Bertz CT molecular complexity index is 208. The summed E-state index contributed by atoms with van der Waals surface area (Å²) in [5.74, 6) is 0.587. The predicted molar refractivity (Wildman–Crippen MR) is 62.7 cm³/mol. The lowest BCUT2D eigenvalue weighted by Crippen LogP contribution is -2.50. The van der Waals surface area contributed by atoms with Gasteiger partial charge in [-0.25, -0.2) is 0 Å². The number of hydrogen-bond donors (Lipinski definition) is 1. The molecule has 0 spiro atoms. The first-order valence-electron chi connectivity index (χ1n) is 6.06. The van der Waals surface area contributed by atoms with Gasteiger partial charge in [0.05, 0.1) is 6.04 Å². The molecule has 1 aliphatic heterocycles. The quantitative estimate of drug-likeness (QED) is 0.768. The Morgan fingerprint density at radius 1 is 1.13 bits per heavy atom. The molecular weight excluding hydrogens is 188 g/mol. The van der Waals surface area contributed by atoms with Gasteiger partial charge in [0.2, 0.25) is 5.91 Å². The molecule has 0 saturated carbocycles. The van der Waals surface area contributed by atoms with Crippen LogP contribution in [0.5, 0.6) is 0 Å². The number of carbonyl (C=O) groups excluding carboxylic acids is 1. The second-order valence-electron chi connectivity index (χ2n) is 5.10. The zero-order valence-electron chi connectivity index (χ0n) is 10.4. The number of rotatable bonds is 4. The highest BCUT2D eigenvalue weighted by Gasteiger charge is 2.30. The lowest BCUT2D eigenvalue weighted by Gasteiger charge is -2.30. The molecule has 1 heterocycles. The van der Waals surface area contributed by atoms with Crippen molar-refractivity contribution < 1.29 is 4.79 Å². The summed E-state index contributed by atoms with van der Waals surface area (Å²) in [6.07, 6.45) is 2.47. The Morgan fingerprint density at radius 3 is 2.07 bits per heavy atom. The van der Waals surface area contributed by atoms with Crippen molar-refractivity contribution in [1.29, 1.82) is 0 Å². The van der Waals surface area contributed by atoms with Crippen molar-refractivity contribution >= 4 is 5.91 Å². The van der Waals surface area contributed by atoms with Crippen LogP contribution in [0.15, 0.2) is 0 Å². The Kier molecular flexibility index (Phi) is 4.58. The summed E-state index contributed by atoms with van der Waals surface area (Å²) in [6, 6.07) is 0.302.